The predicted octanol–water partition coefficient (Wildman–Crippen LogP) is 6.44. The summed E-state index contributed by atoms with van der Waals surface area (Å²) in [6.07, 6.45) is -4.57. The van der Waals surface area contributed by atoms with Crippen LogP contribution in [0.2, 0.25) is 5.02 Å². The van der Waals surface area contributed by atoms with Gasteiger partial charge >= 0.3 is 12.3 Å². The molecule has 9 heteroatoms. The van der Waals surface area contributed by atoms with E-state index in [9.17, 15) is 22.4 Å². The molecular formula is C23H31ClF4N2O2. The quantitative estimate of drug-likeness (QED) is 0.469. The first-order valence-corrected chi connectivity index (χ1v) is 11.3. The highest BCUT2D eigenvalue weighted by molar-refractivity contribution is 6.30. The molecule has 3 atom stereocenters. The minimum Gasteiger partial charge on any atom is -0.444 e. The zero-order valence-electron chi connectivity index (χ0n) is 19.0. The molecule has 180 valence electrons. The van der Waals surface area contributed by atoms with Crippen LogP contribution in [-0.2, 0) is 4.74 Å². The van der Waals surface area contributed by atoms with Gasteiger partial charge in [-0.2, -0.15) is 13.2 Å². The number of halogens is 5. The standard InChI is InChI=1S/C23H31ClF4N2O2/c1-13-12-30(21(31)32-22(3,4)5)14(2)11-29(13)20(15-6-7-19(25)18(24)10-15)16-8-17(9-16)23(26,27)28/h6-7,10,13-14,16-17,20H,8-9,11-12H2,1-5H3/t13-,14+,16-,17-,20?/m1/s1. The van der Waals surface area contributed by atoms with E-state index in [1.165, 1.54) is 12.1 Å². The monoisotopic (exact) mass is 478 g/mol. The Hall–Kier alpha value is -1.54. The predicted molar refractivity (Wildman–Crippen MR) is 115 cm³/mol. The van der Waals surface area contributed by atoms with Gasteiger partial charge in [0.05, 0.1) is 10.9 Å². The summed E-state index contributed by atoms with van der Waals surface area (Å²) in [5, 5.41) is -0.0488. The lowest BCUT2D eigenvalue weighted by molar-refractivity contribution is -0.211. The summed E-state index contributed by atoms with van der Waals surface area (Å²) >= 11 is 6.01. The van der Waals surface area contributed by atoms with Crippen molar-refractivity contribution in [1.29, 1.82) is 0 Å². The first kappa shape index (κ1) is 25.1. The molecule has 0 aromatic heterocycles. The summed E-state index contributed by atoms with van der Waals surface area (Å²) in [5.74, 6) is -2.11. The molecule has 1 unspecified atom stereocenters. The van der Waals surface area contributed by atoms with Gasteiger partial charge in [-0.25, -0.2) is 9.18 Å². The number of hydrogen-bond donors (Lipinski definition) is 0. The highest BCUT2D eigenvalue weighted by Gasteiger charge is 2.52. The molecule has 2 aliphatic rings. The normalized spacial score (nSPS) is 28.2. The van der Waals surface area contributed by atoms with Crippen LogP contribution in [0, 0.1) is 17.7 Å². The van der Waals surface area contributed by atoms with E-state index in [1.54, 1.807) is 31.7 Å². The number of benzene rings is 1. The third-order valence-electron chi connectivity index (χ3n) is 6.39. The van der Waals surface area contributed by atoms with Gasteiger partial charge in [0.15, 0.2) is 0 Å². The number of nitrogens with zero attached hydrogens (tertiary/aromatic N) is 2. The maximum Gasteiger partial charge on any atom is 0.410 e. The molecule has 1 aromatic carbocycles. The van der Waals surface area contributed by atoms with Crippen LogP contribution >= 0.6 is 11.6 Å². The third-order valence-corrected chi connectivity index (χ3v) is 6.68. The number of carbonyl (C=O) groups excluding carboxylic acids is 1. The minimum atomic E-state index is -4.21. The lowest BCUT2D eigenvalue weighted by Gasteiger charge is -2.52. The molecule has 1 aliphatic heterocycles. The van der Waals surface area contributed by atoms with Crippen molar-refractivity contribution in [2.75, 3.05) is 13.1 Å². The van der Waals surface area contributed by atoms with Gasteiger partial charge in [-0.1, -0.05) is 17.7 Å². The Morgan fingerprint density at radius 3 is 2.28 bits per heavy atom. The third kappa shape index (κ3) is 5.50. The largest absolute Gasteiger partial charge is 0.444 e. The second-order valence-corrected chi connectivity index (χ2v) is 10.5. The van der Waals surface area contributed by atoms with Gasteiger partial charge in [0, 0.05) is 31.2 Å². The second-order valence-electron chi connectivity index (χ2n) is 10.1. The van der Waals surface area contributed by atoms with Crippen molar-refractivity contribution in [2.24, 2.45) is 11.8 Å². The fourth-order valence-electron chi connectivity index (χ4n) is 4.73. The van der Waals surface area contributed by atoms with Crippen molar-refractivity contribution in [2.45, 2.75) is 77.4 Å². The molecular weight excluding hydrogens is 448 g/mol. The number of amides is 1. The Morgan fingerprint density at radius 2 is 1.75 bits per heavy atom. The van der Waals surface area contributed by atoms with E-state index in [4.69, 9.17) is 16.3 Å². The summed E-state index contributed by atoms with van der Waals surface area (Å²) in [6.45, 7) is 10.1. The maximum absolute atomic E-state index is 13.8. The zero-order chi connectivity index (χ0) is 24.0. The average Bonchev–Trinajstić information content (AvgIpc) is 2.59. The number of piperazine rings is 1. The van der Waals surface area contributed by atoms with E-state index in [1.807, 2.05) is 13.8 Å². The fraction of sp³-hybridized carbons (Fsp3) is 0.696. The first-order chi connectivity index (χ1) is 14.7. The van der Waals surface area contributed by atoms with Crippen molar-refractivity contribution >= 4 is 17.7 Å². The molecule has 1 saturated carbocycles. The van der Waals surface area contributed by atoms with Gasteiger partial charge < -0.3 is 9.64 Å². The van der Waals surface area contributed by atoms with E-state index < -0.39 is 29.6 Å². The molecule has 0 radical (unpaired) electrons. The highest BCUT2D eigenvalue weighted by Crippen LogP contribution is 2.52. The van der Waals surface area contributed by atoms with E-state index in [2.05, 4.69) is 4.90 Å². The van der Waals surface area contributed by atoms with Gasteiger partial charge in [-0.05, 0) is 71.1 Å². The number of hydrogen-bond acceptors (Lipinski definition) is 3. The number of carbonyl (C=O) groups is 1. The lowest BCUT2D eigenvalue weighted by atomic mass is 9.68. The molecule has 3 rings (SSSR count). The molecule has 2 fully saturated rings. The first-order valence-electron chi connectivity index (χ1n) is 10.9. The number of rotatable bonds is 3. The van der Waals surface area contributed by atoms with Gasteiger partial charge in [-0.15, -0.1) is 0 Å². The molecule has 1 amide bonds. The van der Waals surface area contributed by atoms with Crippen molar-refractivity contribution in [3.05, 3.63) is 34.6 Å². The Labute approximate surface area is 191 Å². The van der Waals surface area contributed by atoms with Crippen LogP contribution in [0.4, 0.5) is 22.4 Å². The van der Waals surface area contributed by atoms with Crippen LogP contribution in [0.5, 0.6) is 0 Å². The summed E-state index contributed by atoms with van der Waals surface area (Å²) in [5.41, 5.74) is 0.0788. The van der Waals surface area contributed by atoms with E-state index in [-0.39, 0.29) is 41.9 Å². The summed E-state index contributed by atoms with van der Waals surface area (Å²) in [6, 6.07) is 3.71. The van der Waals surface area contributed by atoms with E-state index >= 15 is 0 Å². The van der Waals surface area contributed by atoms with Gasteiger partial charge in [0.1, 0.15) is 11.4 Å². The molecule has 0 bridgehead atoms. The number of ether oxygens (including phenoxy) is 1. The molecule has 1 aliphatic carbocycles. The van der Waals surface area contributed by atoms with Crippen LogP contribution in [0.15, 0.2) is 18.2 Å². The van der Waals surface area contributed by atoms with Crippen LogP contribution < -0.4 is 0 Å². The summed E-state index contributed by atoms with van der Waals surface area (Å²) in [4.78, 5) is 16.5. The molecule has 1 saturated heterocycles. The topological polar surface area (TPSA) is 32.8 Å². The lowest BCUT2D eigenvalue weighted by Crippen LogP contribution is -2.60. The van der Waals surface area contributed by atoms with Crippen LogP contribution in [0.25, 0.3) is 0 Å². The number of alkyl halides is 3. The van der Waals surface area contributed by atoms with Crippen molar-refractivity contribution in [3.8, 4) is 0 Å². The Bertz CT molecular complexity index is 836. The Kier molecular flexibility index (Phi) is 7.06. The van der Waals surface area contributed by atoms with Gasteiger partial charge in [0.25, 0.3) is 0 Å². The Morgan fingerprint density at radius 1 is 1.12 bits per heavy atom. The molecule has 1 heterocycles. The minimum absolute atomic E-state index is 0.0243. The average molecular weight is 479 g/mol. The van der Waals surface area contributed by atoms with Crippen molar-refractivity contribution in [1.82, 2.24) is 9.80 Å². The molecule has 4 nitrogen and oxygen atoms in total. The van der Waals surface area contributed by atoms with Gasteiger partial charge in [0.2, 0.25) is 0 Å². The van der Waals surface area contributed by atoms with Crippen LogP contribution in [0.3, 0.4) is 0 Å². The SMILES string of the molecule is C[C@@H]1CN(C(=O)OC(C)(C)C)[C@@H](C)CN1C(c1ccc(F)c(Cl)c1)[C@H]1C[C@H](C(F)(F)F)C1. The summed E-state index contributed by atoms with van der Waals surface area (Å²) < 4.78 is 58.8. The zero-order valence-corrected chi connectivity index (χ0v) is 19.8. The maximum atomic E-state index is 13.8. The fourth-order valence-corrected chi connectivity index (χ4v) is 4.92. The second kappa shape index (κ2) is 9.01. The molecule has 1 aromatic rings. The summed E-state index contributed by atoms with van der Waals surface area (Å²) in [7, 11) is 0. The van der Waals surface area contributed by atoms with Crippen LogP contribution in [0.1, 0.15) is 59.1 Å². The van der Waals surface area contributed by atoms with Gasteiger partial charge in [-0.3, -0.25) is 4.90 Å². The molecule has 0 N–H and O–H groups in total. The molecule has 0 spiro atoms. The van der Waals surface area contributed by atoms with Crippen molar-refractivity contribution < 1.29 is 27.1 Å². The Balaban J connectivity index is 1.84. The van der Waals surface area contributed by atoms with Crippen molar-refractivity contribution in [3.63, 3.8) is 0 Å². The molecule has 32 heavy (non-hydrogen) atoms. The highest BCUT2D eigenvalue weighted by atomic mass is 35.5. The van der Waals surface area contributed by atoms with E-state index in [0.717, 1.165) is 0 Å². The van der Waals surface area contributed by atoms with Crippen LogP contribution in [-0.4, -0.2) is 52.8 Å². The van der Waals surface area contributed by atoms with E-state index in [0.29, 0.717) is 18.7 Å². The smallest absolute Gasteiger partial charge is 0.410 e.